The lowest BCUT2D eigenvalue weighted by Crippen LogP contribution is -1.94. The van der Waals surface area contributed by atoms with Crippen molar-refractivity contribution in [3.8, 4) is 0 Å². The quantitative estimate of drug-likeness (QED) is 0.601. The Morgan fingerprint density at radius 2 is 2.08 bits per heavy atom. The summed E-state index contributed by atoms with van der Waals surface area (Å²) in [6, 6.07) is 1.77. The van der Waals surface area contributed by atoms with Crippen molar-refractivity contribution in [2.24, 2.45) is 0 Å². The van der Waals surface area contributed by atoms with Crippen molar-refractivity contribution in [3.63, 3.8) is 0 Å². The Labute approximate surface area is 93.5 Å². The van der Waals surface area contributed by atoms with Crippen LogP contribution in [0.4, 0.5) is 5.82 Å². The van der Waals surface area contributed by atoms with Crippen molar-refractivity contribution in [1.29, 1.82) is 0 Å². The number of aromatic nitrogens is 2. The highest BCUT2D eigenvalue weighted by Crippen LogP contribution is 2.24. The van der Waals surface area contributed by atoms with Gasteiger partial charge in [0.1, 0.15) is 11.0 Å². The largest absolute Gasteiger partial charge is 0.383 e. The summed E-state index contributed by atoms with van der Waals surface area (Å²) in [5.74, 6) is 0.525. The summed E-state index contributed by atoms with van der Waals surface area (Å²) in [7, 11) is 0. The summed E-state index contributed by atoms with van der Waals surface area (Å²) in [5.41, 5.74) is 5.64. The zero-order valence-corrected chi connectivity index (χ0v) is 9.37. The van der Waals surface area contributed by atoms with Crippen LogP contribution in [0, 0.1) is 3.57 Å². The van der Waals surface area contributed by atoms with E-state index in [0.717, 1.165) is 14.3 Å². The van der Waals surface area contributed by atoms with Gasteiger partial charge in [-0.1, -0.05) is 11.6 Å². The third-order valence-corrected chi connectivity index (χ3v) is 3.05. The van der Waals surface area contributed by atoms with Gasteiger partial charge in [-0.3, -0.25) is 0 Å². The predicted octanol–water partition coefficient (Wildman–Crippen LogP) is 2.47. The highest BCUT2D eigenvalue weighted by molar-refractivity contribution is 14.1. The van der Waals surface area contributed by atoms with E-state index in [4.69, 9.17) is 17.3 Å². The molecule has 0 spiro atoms. The van der Waals surface area contributed by atoms with Gasteiger partial charge in [0.2, 0.25) is 0 Å². The Morgan fingerprint density at radius 3 is 2.85 bits per heavy atom. The number of nitrogen functional groups attached to an aromatic ring is 1. The summed E-state index contributed by atoms with van der Waals surface area (Å²) >= 11 is 7.88. The first-order chi connectivity index (χ1) is 6.18. The molecule has 5 heteroatoms. The minimum atomic E-state index is 0.467. The van der Waals surface area contributed by atoms with Crippen LogP contribution < -0.4 is 5.73 Å². The van der Waals surface area contributed by atoms with Gasteiger partial charge < -0.3 is 5.73 Å². The van der Waals surface area contributed by atoms with Crippen molar-refractivity contribution in [2.45, 2.75) is 0 Å². The summed E-state index contributed by atoms with van der Waals surface area (Å²) < 4.78 is 0.916. The summed E-state index contributed by atoms with van der Waals surface area (Å²) in [6.45, 7) is 0. The summed E-state index contributed by atoms with van der Waals surface area (Å²) in [5, 5.41) is 2.41. The normalized spacial score (nSPS) is 10.6. The van der Waals surface area contributed by atoms with Crippen LogP contribution in [-0.2, 0) is 0 Å². The van der Waals surface area contributed by atoms with E-state index in [1.807, 2.05) is 0 Å². The lowest BCUT2D eigenvalue weighted by atomic mass is 10.2. The molecule has 3 nitrogen and oxygen atoms in total. The molecule has 0 unspecified atom stereocenters. The third kappa shape index (κ3) is 1.55. The van der Waals surface area contributed by atoms with Gasteiger partial charge in [0.15, 0.2) is 0 Å². The molecule has 0 aliphatic heterocycles. The molecule has 2 aromatic heterocycles. The van der Waals surface area contributed by atoms with Crippen molar-refractivity contribution in [3.05, 3.63) is 27.2 Å². The number of halogens is 2. The Balaban J connectivity index is 2.87. The molecule has 2 N–H and O–H groups in total. The first-order valence-corrected chi connectivity index (χ1v) is 4.99. The molecule has 2 heterocycles. The van der Waals surface area contributed by atoms with E-state index in [0.29, 0.717) is 11.0 Å². The monoisotopic (exact) mass is 305 g/mol. The van der Waals surface area contributed by atoms with Gasteiger partial charge in [-0.25, -0.2) is 9.97 Å². The molecule has 0 atom stereocenters. The summed E-state index contributed by atoms with van der Waals surface area (Å²) in [6.07, 6.45) is 3.40. The molecule has 0 aliphatic carbocycles. The van der Waals surface area contributed by atoms with Gasteiger partial charge in [0.25, 0.3) is 0 Å². The Morgan fingerprint density at radius 1 is 1.31 bits per heavy atom. The van der Waals surface area contributed by atoms with E-state index in [-0.39, 0.29) is 0 Å². The van der Waals surface area contributed by atoms with E-state index in [9.17, 15) is 0 Å². The zero-order chi connectivity index (χ0) is 9.42. The number of hydrogen-bond acceptors (Lipinski definition) is 3. The van der Waals surface area contributed by atoms with Crippen LogP contribution in [0.3, 0.4) is 0 Å². The van der Waals surface area contributed by atoms with Crippen LogP contribution in [0.25, 0.3) is 10.8 Å². The second-order valence-electron chi connectivity index (χ2n) is 2.55. The third-order valence-electron chi connectivity index (χ3n) is 1.71. The van der Waals surface area contributed by atoms with Crippen LogP contribution in [0.2, 0.25) is 5.15 Å². The first-order valence-electron chi connectivity index (χ1n) is 3.53. The van der Waals surface area contributed by atoms with E-state index in [2.05, 4.69) is 32.6 Å². The van der Waals surface area contributed by atoms with E-state index >= 15 is 0 Å². The maximum Gasteiger partial charge on any atom is 0.137 e. The second kappa shape index (κ2) is 3.26. The molecule has 2 aromatic rings. The van der Waals surface area contributed by atoms with Gasteiger partial charge in [-0.15, -0.1) is 0 Å². The van der Waals surface area contributed by atoms with Crippen molar-refractivity contribution in [1.82, 2.24) is 9.97 Å². The van der Waals surface area contributed by atoms with Crippen LogP contribution in [0.5, 0.6) is 0 Å². The minimum absolute atomic E-state index is 0.467. The topological polar surface area (TPSA) is 51.8 Å². The number of nitrogens with zero attached hydrogens (tertiary/aromatic N) is 2. The number of anilines is 1. The van der Waals surface area contributed by atoms with E-state index in [1.165, 1.54) is 0 Å². The van der Waals surface area contributed by atoms with Gasteiger partial charge in [0, 0.05) is 23.2 Å². The fraction of sp³-hybridized carbons (Fsp3) is 0. The zero-order valence-electron chi connectivity index (χ0n) is 6.46. The fourth-order valence-corrected chi connectivity index (χ4v) is 1.82. The highest BCUT2D eigenvalue weighted by atomic mass is 127. The number of fused-ring (bicyclic) bond motifs is 1. The van der Waals surface area contributed by atoms with Gasteiger partial charge in [-0.05, 0) is 28.7 Å². The minimum Gasteiger partial charge on any atom is -0.383 e. The highest BCUT2D eigenvalue weighted by Gasteiger charge is 2.03. The van der Waals surface area contributed by atoms with Crippen LogP contribution in [0.15, 0.2) is 18.5 Å². The van der Waals surface area contributed by atoms with Gasteiger partial charge in [0.05, 0.1) is 3.57 Å². The van der Waals surface area contributed by atoms with Gasteiger partial charge in [-0.2, -0.15) is 0 Å². The molecule has 0 saturated carbocycles. The molecular weight excluding hydrogens is 300 g/mol. The Hall–Kier alpha value is -0.620. The number of hydrogen-bond donors (Lipinski definition) is 1. The number of nitrogens with two attached hydrogens (primary N) is 1. The molecule has 0 bridgehead atoms. The number of rotatable bonds is 0. The SMILES string of the molecule is Nc1ncc2cc(Cl)ncc2c1I. The molecular formula is C8H5ClIN3. The van der Waals surface area contributed by atoms with E-state index < -0.39 is 0 Å². The molecule has 0 radical (unpaired) electrons. The molecule has 0 aliphatic rings. The van der Waals surface area contributed by atoms with Gasteiger partial charge >= 0.3 is 0 Å². The first kappa shape index (κ1) is 8.96. The smallest absolute Gasteiger partial charge is 0.137 e. The lowest BCUT2D eigenvalue weighted by Gasteiger charge is -2.02. The van der Waals surface area contributed by atoms with Crippen LogP contribution in [0.1, 0.15) is 0 Å². The molecule has 0 saturated heterocycles. The predicted molar refractivity (Wildman–Crippen MR) is 61.7 cm³/mol. The Kier molecular flexibility index (Phi) is 2.25. The van der Waals surface area contributed by atoms with Crippen LogP contribution >= 0.6 is 34.2 Å². The molecule has 13 heavy (non-hydrogen) atoms. The maximum atomic E-state index is 5.74. The molecule has 66 valence electrons. The fourth-order valence-electron chi connectivity index (χ4n) is 1.07. The number of pyridine rings is 2. The average Bonchev–Trinajstić information content (AvgIpc) is 2.12. The Bertz CT molecular complexity index is 472. The molecule has 0 fully saturated rings. The standard InChI is InChI=1S/C8H5ClIN3/c9-6-1-4-2-13-8(11)7(10)5(4)3-12-6/h1-3H,(H2,11,13). The van der Waals surface area contributed by atoms with Crippen LogP contribution in [-0.4, -0.2) is 9.97 Å². The summed E-state index contributed by atoms with van der Waals surface area (Å²) in [4.78, 5) is 8.02. The second-order valence-corrected chi connectivity index (χ2v) is 4.02. The molecule has 0 amide bonds. The molecule has 2 rings (SSSR count). The lowest BCUT2D eigenvalue weighted by molar-refractivity contribution is 1.31. The van der Waals surface area contributed by atoms with Crippen molar-refractivity contribution < 1.29 is 0 Å². The maximum absolute atomic E-state index is 5.74. The van der Waals surface area contributed by atoms with E-state index in [1.54, 1.807) is 18.5 Å². The average molecular weight is 306 g/mol. The van der Waals surface area contributed by atoms with Crippen molar-refractivity contribution >= 4 is 50.8 Å². The molecule has 0 aromatic carbocycles. The van der Waals surface area contributed by atoms with Crippen molar-refractivity contribution in [2.75, 3.05) is 5.73 Å².